The second-order valence-electron chi connectivity index (χ2n) is 6.98. The van der Waals surface area contributed by atoms with Gasteiger partial charge < -0.3 is 4.74 Å². The summed E-state index contributed by atoms with van der Waals surface area (Å²) in [4.78, 5) is 24.0. The number of nitrogens with one attached hydrogen (secondary N) is 2. The van der Waals surface area contributed by atoms with Crippen LogP contribution in [0.1, 0.15) is 42.3 Å². The molecule has 2 N–H and O–H groups in total. The Labute approximate surface area is 152 Å². The van der Waals surface area contributed by atoms with Gasteiger partial charge in [0, 0.05) is 5.56 Å². The van der Waals surface area contributed by atoms with E-state index in [-0.39, 0.29) is 17.6 Å². The Balaban J connectivity index is 1.90. The summed E-state index contributed by atoms with van der Waals surface area (Å²) >= 11 is 0. The Hall–Kier alpha value is -2.89. The van der Waals surface area contributed by atoms with Gasteiger partial charge in [0.2, 0.25) is 5.91 Å². The third-order valence-corrected chi connectivity index (χ3v) is 3.91. The van der Waals surface area contributed by atoms with Crippen LogP contribution in [0.4, 0.5) is 4.39 Å². The highest BCUT2D eigenvalue weighted by atomic mass is 19.1. The van der Waals surface area contributed by atoms with Crippen LogP contribution >= 0.6 is 0 Å². The van der Waals surface area contributed by atoms with Gasteiger partial charge in [-0.05, 0) is 40.8 Å². The second kappa shape index (κ2) is 7.99. The molecule has 5 nitrogen and oxygen atoms in total. The molecule has 0 bridgehead atoms. The van der Waals surface area contributed by atoms with Crippen molar-refractivity contribution in [1.82, 2.24) is 10.9 Å². The molecule has 2 rings (SSSR count). The van der Waals surface area contributed by atoms with E-state index in [9.17, 15) is 14.0 Å². The molecular weight excluding hydrogens is 335 g/mol. The van der Waals surface area contributed by atoms with Crippen LogP contribution < -0.4 is 15.6 Å². The average molecular weight is 358 g/mol. The summed E-state index contributed by atoms with van der Waals surface area (Å²) in [7, 11) is 1.37. The Morgan fingerprint density at radius 1 is 1.04 bits per heavy atom. The minimum Gasteiger partial charge on any atom is -0.494 e. The maximum absolute atomic E-state index is 13.6. The molecule has 0 aliphatic heterocycles. The summed E-state index contributed by atoms with van der Waals surface area (Å²) in [5.74, 6) is -1.30. The molecule has 2 aromatic rings. The molecule has 0 saturated heterocycles. The lowest BCUT2D eigenvalue weighted by Gasteiger charge is -2.19. The Bertz CT molecular complexity index is 796. The van der Waals surface area contributed by atoms with E-state index in [1.165, 1.54) is 19.2 Å². The molecule has 0 spiro atoms. The van der Waals surface area contributed by atoms with Crippen molar-refractivity contribution in [3.05, 3.63) is 65.0 Å². The number of benzene rings is 2. The molecule has 26 heavy (non-hydrogen) atoms. The number of rotatable bonds is 4. The third kappa shape index (κ3) is 5.05. The van der Waals surface area contributed by atoms with Gasteiger partial charge in [-0.1, -0.05) is 39.0 Å². The van der Waals surface area contributed by atoms with Gasteiger partial charge in [-0.2, -0.15) is 0 Å². The third-order valence-electron chi connectivity index (χ3n) is 3.91. The van der Waals surface area contributed by atoms with E-state index in [0.717, 1.165) is 5.56 Å². The first-order valence-corrected chi connectivity index (χ1v) is 8.23. The fourth-order valence-corrected chi connectivity index (χ4v) is 2.37. The smallest absolute Gasteiger partial charge is 0.269 e. The van der Waals surface area contributed by atoms with Crippen molar-refractivity contribution in [1.29, 1.82) is 0 Å². The summed E-state index contributed by atoms with van der Waals surface area (Å²) in [5.41, 5.74) is 6.71. The topological polar surface area (TPSA) is 67.4 Å². The SMILES string of the molecule is COc1ccc(CC(=O)NNC(=O)c2ccc(C(C)(C)C)cc2)cc1F. The van der Waals surface area contributed by atoms with Crippen LogP contribution in [0.15, 0.2) is 42.5 Å². The van der Waals surface area contributed by atoms with E-state index in [1.54, 1.807) is 18.2 Å². The van der Waals surface area contributed by atoms with Crippen LogP contribution in [-0.2, 0) is 16.6 Å². The molecule has 0 aliphatic carbocycles. The highest BCUT2D eigenvalue weighted by molar-refractivity contribution is 5.95. The summed E-state index contributed by atoms with van der Waals surface area (Å²) in [6.45, 7) is 6.26. The molecule has 0 aliphatic rings. The summed E-state index contributed by atoms with van der Waals surface area (Å²) < 4.78 is 18.5. The number of ether oxygens (including phenoxy) is 1. The average Bonchev–Trinajstić information content (AvgIpc) is 2.59. The van der Waals surface area contributed by atoms with Crippen molar-refractivity contribution in [2.24, 2.45) is 0 Å². The Morgan fingerprint density at radius 2 is 1.69 bits per heavy atom. The number of methoxy groups -OCH3 is 1. The standard InChI is InChI=1S/C20H23FN2O3/c1-20(2,3)15-8-6-14(7-9-15)19(25)23-22-18(24)12-13-5-10-17(26-4)16(21)11-13/h5-11H,12H2,1-4H3,(H,22,24)(H,23,25). The zero-order valence-corrected chi connectivity index (χ0v) is 15.4. The van der Waals surface area contributed by atoms with Crippen LogP contribution in [-0.4, -0.2) is 18.9 Å². The largest absolute Gasteiger partial charge is 0.494 e. The molecule has 0 atom stereocenters. The molecule has 0 unspecified atom stereocenters. The molecule has 0 aromatic heterocycles. The quantitative estimate of drug-likeness (QED) is 0.825. The van der Waals surface area contributed by atoms with Crippen LogP contribution in [0.25, 0.3) is 0 Å². The molecule has 0 radical (unpaired) electrons. The normalized spacial score (nSPS) is 11.0. The maximum Gasteiger partial charge on any atom is 0.269 e. The van der Waals surface area contributed by atoms with Gasteiger partial charge in [0.1, 0.15) is 0 Å². The van der Waals surface area contributed by atoms with Gasteiger partial charge >= 0.3 is 0 Å². The van der Waals surface area contributed by atoms with Gasteiger partial charge in [-0.25, -0.2) is 4.39 Å². The van der Waals surface area contributed by atoms with Crippen LogP contribution in [0, 0.1) is 5.82 Å². The number of hydrogen-bond acceptors (Lipinski definition) is 3. The zero-order chi connectivity index (χ0) is 19.3. The molecule has 0 fully saturated rings. The van der Waals surface area contributed by atoms with Crippen molar-refractivity contribution in [3.8, 4) is 5.75 Å². The van der Waals surface area contributed by atoms with Gasteiger partial charge in [0.15, 0.2) is 11.6 Å². The maximum atomic E-state index is 13.6. The zero-order valence-electron chi connectivity index (χ0n) is 15.4. The lowest BCUT2D eigenvalue weighted by Crippen LogP contribution is -2.42. The lowest BCUT2D eigenvalue weighted by atomic mass is 9.87. The van der Waals surface area contributed by atoms with Crippen LogP contribution in [0.5, 0.6) is 5.75 Å². The first-order valence-electron chi connectivity index (χ1n) is 8.23. The van der Waals surface area contributed by atoms with Crippen molar-refractivity contribution >= 4 is 11.8 Å². The first kappa shape index (κ1) is 19.4. The van der Waals surface area contributed by atoms with Crippen LogP contribution in [0.2, 0.25) is 0 Å². The van der Waals surface area contributed by atoms with E-state index in [1.807, 2.05) is 12.1 Å². The van der Waals surface area contributed by atoms with Gasteiger partial charge in [-0.15, -0.1) is 0 Å². The van der Waals surface area contributed by atoms with E-state index >= 15 is 0 Å². The number of hydrogen-bond donors (Lipinski definition) is 2. The summed E-state index contributed by atoms with van der Waals surface area (Å²) in [6.07, 6.45) is -0.0653. The van der Waals surface area contributed by atoms with E-state index in [2.05, 4.69) is 31.6 Å². The second-order valence-corrected chi connectivity index (χ2v) is 6.98. The lowest BCUT2D eigenvalue weighted by molar-refractivity contribution is -0.121. The number of halogens is 1. The predicted octanol–water partition coefficient (Wildman–Crippen LogP) is 3.14. The Morgan fingerprint density at radius 3 is 2.23 bits per heavy atom. The van der Waals surface area contributed by atoms with Gasteiger partial charge in [0.05, 0.1) is 13.5 Å². The number of amides is 2. The van der Waals surface area contributed by atoms with Gasteiger partial charge in [0.25, 0.3) is 5.91 Å². The number of hydrazine groups is 1. The highest BCUT2D eigenvalue weighted by Gasteiger charge is 2.15. The molecule has 138 valence electrons. The minimum absolute atomic E-state index is 0.00311. The molecule has 2 amide bonds. The molecule has 0 heterocycles. The Kier molecular flexibility index (Phi) is 5.97. The van der Waals surface area contributed by atoms with E-state index < -0.39 is 17.6 Å². The van der Waals surface area contributed by atoms with E-state index in [0.29, 0.717) is 11.1 Å². The molecule has 6 heteroatoms. The predicted molar refractivity (Wildman–Crippen MR) is 97.4 cm³/mol. The fraction of sp³-hybridized carbons (Fsp3) is 0.300. The summed E-state index contributed by atoms with van der Waals surface area (Å²) in [5, 5.41) is 0. The number of carbonyl (C=O) groups is 2. The van der Waals surface area contributed by atoms with Crippen molar-refractivity contribution in [3.63, 3.8) is 0 Å². The van der Waals surface area contributed by atoms with Crippen molar-refractivity contribution in [2.45, 2.75) is 32.6 Å². The monoisotopic (exact) mass is 358 g/mol. The molecular formula is C20H23FN2O3. The molecule has 2 aromatic carbocycles. The van der Waals surface area contributed by atoms with Crippen LogP contribution in [0.3, 0.4) is 0 Å². The number of carbonyl (C=O) groups excluding carboxylic acids is 2. The fourth-order valence-electron chi connectivity index (χ4n) is 2.37. The highest BCUT2D eigenvalue weighted by Crippen LogP contribution is 2.22. The van der Waals surface area contributed by atoms with Crippen molar-refractivity contribution < 1.29 is 18.7 Å². The minimum atomic E-state index is -0.541. The first-order chi connectivity index (χ1) is 12.2. The van der Waals surface area contributed by atoms with Gasteiger partial charge in [-0.3, -0.25) is 20.4 Å². The van der Waals surface area contributed by atoms with E-state index in [4.69, 9.17) is 4.74 Å². The van der Waals surface area contributed by atoms with Crippen molar-refractivity contribution in [2.75, 3.05) is 7.11 Å². The molecule has 0 saturated carbocycles. The summed E-state index contributed by atoms with van der Waals surface area (Å²) in [6, 6.07) is 11.5.